The van der Waals surface area contributed by atoms with Crippen molar-refractivity contribution in [2.45, 2.75) is 44.7 Å². The van der Waals surface area contributed by atoms with E-state index in [1.165, 1.54) is 16.4 Å². The molecule has 3 heterocycles. The van der Waals surface area contributed by atoms with Crippen molar-refractivity contribution >= 4 is 23.8 Å². The molecule has 0 bridgehead atoms. The molecule has 1 aliphatic rings. The number of fused-ring (bicyclic) bond motifs is 1. The standard InChI is InChI=1S/C22H28N6O5/c1-2-3-11-33-22(32)26-18(21(30)31)12-17-16(19(23)29)13-28(27-17)10-8-15-7-6-14-5-4-9-24-20(14)25-15/h2,6-7,13,18H,1,3-5,8-12H2,(H2,23,29)(H,24,25)(H,26,32)(H,30,31)/t18-/m0/s1. The van der Waals surface area contributed by atoms with Crippen LogP contribution in [0.4, 0.5) is 10.6 Å². The molecule has 3 rings (SSSR count). The summed E-state index contributed by atoms with van der Waals surface area (Å²) in [5, 5.41) is 19.4. The van der Waals surface area contributed by atoms with Crippen molar-refractivity contribution in [3.8, 4) is 0 Å². The van der Waals surface area contributed by atoms with Gasteiger partial charge in [0.25, 0.3) is 5.91 Å². The largest absolute Gasteiger partial charge is 0.480 e. The molecule has 1 atom stereocenters. The molecule has 0 aromatic carbocycles. The molecule has 176 valence electrons. The van der Waals surface area contributed by atoms with Gasteiger partial charge in [0.05, 0.1) is 17.9 Å². The fourth-order valence-corrected chi connectivity index (χ4v) is 3.48. The number of aliphatic carboxylic acids is 1. The van der Waals surface area contributed by atoms with E-state index in [0.29, 0.717) is 19.4 Å². The van der Waals surface area contributed by atoms with Crippen molar-refractivity contribution in [1.29, 1.82) is 0 Å². The quantitative estimate of drug-likeness (QED) is 0.290. The third-order valence-corrected chi connectivity index (χ3v) is 5.20. The third-order valence-electron chi connectivity index (χ3n) is 5.20. The summed E-state index contributed by atoms with van der Waals surface area (Å²) in [6.45, 7) is 4.91. The van der Waals surface area contributed by atoms with Crippen LogP contribution >= 0.6 is 0 Å². The number of alkyl carbamates (subject to hydrolysis) is 1. The monoisotopic (exact) mass is 456 g/mol. The Morgan fingerprint density at radius 2 is 2.21 bits per heavy atom. The molecule has 0 unspecified atom stereocenters. The summed E-state index contributed by atoms with van der Waals surface area (Å²) in [4.78, 5) is 40.0. The van der Waals surface area contributed by atoms with E-state index in [4.69, 9.17) is 10.5 Å². The van der Waals surface area contributed by atoms with Gasteiger partial charge in [-0.1, -0.05) is 12.1 Å². The number of carbonyl (C=O) groups is 3. The highest BCUT2D eigenvalue weighted by Gasteiger charge is 2.25. The molecule has 0 saturated heterocycles. The van der Waals surface area contributed by atoms with Crippen LogP contribution in [0.3, 0.4) is 0 Å². The highest BCUT2D eigenvalue weighted by molar-refractivity contribution is 5.94. The Morgan fingerprint density at radius 1 is 1.39 bits per heavy atom. The third kappa shape index (κ3) is 6.55. The Hall–Kier alpha value is -3.89. The lowest BCUT2D eigenvalue weighted by molar-refractivity contribution is -0.139. The molecule has 0 aliphatic carbocycles. The molecule has 0 spiro atoms. The van der Waals surface area contributed by atoms with Crippen molar-refractivity contribution in [2.24, 2.45) is 5.73 Å². The first-order chi connectivity index (χ1) is 15.9. The molecular weight excluding hydrogens is 428 g/mol. The molecule has 2 aromatic rings. The minimum Gasteiger partial charge on any atom is -0.480 e. The van der Waals surface area contributed by atoms with Crippen molar-refractivity contribution in [3.63, 3.8) is 0 Å². The topological polar surface area (TPSA) is 161 Å². The number of anilines is 1. The van der Waals surface area contributed by atoms with Crippen molar-refractivity contribution in [1.82, 2.24) is 20.1 Å². The molecule has 0 saturated carbocycles. The van der Waals surface area contributed by atoms with E-state index in [-0.39, 0.29) is 24.3 Å². The number of nitrogens with one attached hydrogen (secondary N) is 2. The van der Waals surface area contributed by atoms with Crippen LogP contribution in [-0.4, -0.2) is 57.0 Å². The number of rotatable bonds is 11. The van der Waals surface area contributed by atoms with Gasteiger partial charge in [-0.25, -0.2) is 14.6 Å². The van der Waals surface area contributed by atoms with Gasteiger partial charge in [-0.05, 0) is 30.9 Å². The number of carboxylic acid groups (broad SMARTS) is 1. The van der Waals surface area contributed by atoms with Crippen LogP contribution < -0.4 is 16.4 Å². The lowest BCUT2D eigenvalue weighted by atomic mass is 10.1. The molecular formula is C22H28N6O5. The number of nitrogens with two attached hydrogens (primary N) is 1. The number of carbonyl (C=O) groups excluding carboxylic acids is 2. The van der Waals surface area contributed by atoms with Gasteiger partial charge in [-0.2, -0.15) is 5.10 Å². The Balaban J connectivity index is 1.67. The van der Waals surface area contributed by atoms with Gasteiger partial charge in [0.1, 0.15) is 11.9 Å². The number of aromatic nitrogens is 3. The van der Waals surface area contributed by atoms with Crippen LogP contribution in [-0.2, 0) is 35.3 Å². The molecule has 5 N–H and O–H groups in total. The normalized spacial score (nSPS) is 13.3. The van der Waals surface area contributed by atoms with E-state index in [0.717, 1.165) is 30.9 Å². The summed E-state index contributed by atoms with van der Waals surface area (Å²) in [6, 6.07) is 2.69. The van der Waals surface area contributed by atoms with E-state index in [2.05, 4.69) is 33.4 Å². The first-order valence-corrected chi connectivity index (χ1v) is 10.7. The fraction of sp³-hybridized carbons (Fsp3) is 0.409. The summed E-state index contributed by atoms with van der Waals surface area (Å²) in [6.07, 6.45) is 5.04. The van der Waals surface area contributed by atoms with Crippen molar-refractivity contribution in [2.75, 3.05) is 18.5 Å². The molecule has 2 aromatic heterocycles. The number of hydrogen-bond donors (Lipinski definition) is 4. The highest BCUT2D eigenvalue weighted by atomic mass is 16.5. The summed E-state index contributed by atoms with van der Waals surface area (Å²) in [7, 11) is 0. The second-order valence-electron chi connectivity index (χ2n) is 7.66. The Bertz CT molecular complexity index is 1030. The number of hydrogen-bond acceptors (Lipinski definition) is 7. The predicted molar refractivity (Wildman–Crippen MR) is 120 cm³/mol. The molecule has 11 heteroatoms. The average molecular weight is 457 g/mol. The fourth-order valence-electron chi connectivity index (χ4n) is 3.48. The van der Waals surface area contributed by atoms with Crippen molar-refractivity contribution in [3.05, 3.63) is 53.5 Å². The van der Waals surface area contributed by atoms with Gasteiger partial charge < -0.3 is 26.2 Å². The van der Waals surface area contributed by atoms with Gasteiger partial charge in [0.15, 0.2) is 0 Å². The molecule has 2 amide bonds. The summed E-state index contributed by atoms with van der Waals surface area (Å²) < 4.78 is 6.43. The molecule has 0 fully saturated rings. The molecule has 11 nitrogen and oxygen atoms in total. The lowest BCUT2D eigenvalue weighted by Gasteiger charge is -2.17. The van der Waals surface area contributed by atoms with E-state index < -0.39 is 24.0 Å². The number of nitrogens with zero attached hydrogens (tertiary/aromatic N) is 3. The smallest absolute Gasteiger partial charge is 0.407 e. The number of amides is 2. The van der Waals surface area contributed by atoms with E-state index in [9.17, 15) is 19.5 Å². The van der Waals surface area contributed by atoms with E-state index in [1.54, 1.807) is 6.08 Å². The predicted octanol–water partition coefficient (Wildman–Crippen LogP) is 1.28. The number of pyridine rings is 1. The number of aryl methyl sites for hydroxylation is 3. The second-order valence-corrected chi connectivity index (χ2v) is 7.66. The zero-order chi connectivity index (χ0) is 23.8. The zero-order valence-electron chi connectivity index (χ0n) is 18.2. The van der Waals surface area contributed by atoms with Crippen LogP contribution in [0, 0.1) is 0 Å². The maximum Gasteiger partial charge on any atom is 0.407 e. The van der Waals surface area contributed by atoms with Gasteiger partial charge in [0.2, 0.25) is 0 Å². The van der Waals surface area contributed by atoms with Crippen LogP contribution in [0.25, 0.3) is 0 Å². The minimum atomic E-state index is -1.34. The number of ether oxygens (including phenoxy) is 1. The Morgan fingerprint density at radius 3 is 2.94 bits per heavy atom. The Labute approximate surface area is 191 Å². The van der Waals surface area contributed by atoms with Crippen LogP contribution in [0.1, 0.15) is 40.2 Å². The summed E-state index contributed by atoms with van der Waals surface area (Å²) in [5.41, 5.74) is 7.81. The second kappa shape index (κ2) is 11.1. The average Bonchev–Trinajstić information content (AvgIpc) is 3.20. The first-order valence-electron chi connectivity index (χ1n) is 10.7. The van der Waals surface area contributed by atoms with E-state index in [1.807, 2.05) is 6.07 Å². The van der Waals surface area contributed by atoms with Gasteiger partial charge in [-0.3, -0.25) is 9.48 Å². The summed E-state index contributed by atoms with van der Waals surface area (Å²) in [5.74, 6) is -1.12. The van der Waals surface area contributed by atoms with Crippen LogP contribution in [0.5, 0.6) is 0 Å². The van der Waals surface area contributed by atoms with Crippen LogP contribution in [0.15, 0.2) is 31.0 Å². The molecule has 0 radical (unpaired) electrons. The molecule has 33 heavy (non-hydrogen) atoms. The van der Waals surface area contributed by atoms with Gasteiger partial charge in [-0.15, -0.1) is 6.58 Å². The molecule has 1 aliphatic heterocycles. The van der Waals surface area contributed by atoms with Gasteiger partial charge in [0, 0.05) is 37.8 Å². The van der Waals surface area contributed by atoms with Gasteiger partial charge >= 0.3 is 12.1 Å². The summed E-state index contributed by atoms with van der Waals surface area (Å²) >= 11 is 0. The van der Waals surface area contributed by atoms with Crippen molar-refractivity contribution < 1.29 is 24.2 Å². The zero-order valence-corrected chi connectivity index (χ0v) is 18.2. The SMILES string of the molecule is C=CCCOC(=O)N[C@@H](Cc1nn(CCc2ccc3c(n2)NCCC3)cc1C(N)=O)C(=O)O. The maximum atomic E-state index is 11.9. The number of primary amides is 1. The Kier molecular flexibility index (Phi) is 8.01. The first kappa shape index (κ1) is 23.8. The van der Waals surface area contributed by atoms with Crippen LogP contribution in [0.2, 0.25) is 0 Å². The van der Waals surface area contributed by atoms with E-state index >= 15 is 0 Å². The maximum absolute atomic E-state index is 11.9. The highest BCUT2D eigenvalue weighted by Crippen LogP contribution is 2.20. The lowest BCUT2D eigenvalue weighted by Crippen LogP contribution is -2.43. The number of carboxylic acids is 1. The minimum absolute atomic E-state index is 0.0785.